The zero-order chi connectivity index (χ0) is 15.6. The smallest absolute Gasteiger partial charge is 0.335 e. The van der Waals surface area contributed by atoms with E-state index in [2.05, 4.69) is 29.8 Å². The molecule has 1 aromatic rings. The summed E-state index contributed by atoms with van der Waals surface area (Å²) < 4.78 is 12.0. The molecule has 1 saturated carbocycles. The number of methoxy groups -OCH3 is 1. The van der Waals surface area contributed by atoms with Crippen molar-refractivity contribution in [1.29, 1.82) is 0 Å². The third-order valence-electron chi connectivity index (χ3n) is 4.31. The van der Waals surface area contributed by atoms with Crippen molar-refractivity contribution in [2.45, 2.75) is 39.2 Å². The number of carboxylic acid groups (broad SMARTS) is 1. The van der Waals surface area contributed by atoms with Crippen molar-refractivity contribution in [2.24, 2.45) is 11.8 Å². The van der Waals surface area contributed by atoms with Crippen LogP contribution in [0.15, 0.2) is 16.6 Å². The molecule has 0 radical (unpaired) electrons. The Labute approximate surface area is 133 Å². The number of carbonyl (C=O) groups is 1. The fourth-order valence-electron chi connectivity index (χ4n) is 2.73. The third kappa shape index (κ3) is 3.70. The van der Waals surface area contributed by atoms with E-state index in [1.165, 1.54) is 13.2 Å². The maximum atomic E-state index is 11.1. The first-order valence-corrected chi connectivity index (χ1v) is 7.99. The van der Waals surface area contributed by atoms with Crippen LogP contribution < -0.4 is 9.47 Å². The SMILES string of the molecule is COc1cc(C(=O)O)cc(Br)c1OC1CCC(C)C(C)C1. The Balaban J connectivity index is 2.21. The molecule has 116 valence electrons. The van der Waals surface area contributed by atoms with E-state index in [1.807, 2.05) is 0 Å². The second-order valence-corrected chi connectivity index (χ2v) is 6.66. The summed E-state index contributed by atoms with van der Waals surface area (Å²) in [6.07, 6.45) is 3.33. The molecule has 1 aliphatic carbocycles. The maximum absolute atomic E-state index is 11.1. The van der Waals surface area contributed by atoms with Crippen LogP contribution in [0, 0.1) is 11.8 Å². The lowest BCUT2D eigenvalue weighted by Crippen LogP contribution is -2.29. The molecule has 1 N–H and O–H groups in total. The molecular weight excluding hydrogens is 336 g/mol. The molecule has 4 nitrogen and oxygen atoms in total. The van der Waals surface area contributed by atoms with Crippen molar-refractivity contribution in [3.63, 3.8) is 0 Å². The van der Waals surface area contributed by atoms with Gasteiger partial charge in [-0.25, -0.2) is 4.79 Å². The van der Waals surface area contributed by atoms with Crippen LogP contribution in [-0.2, 0) is 0 Å². The summed E-state index contributed by atoms with van der Waals surface area (Å²) in [5.74, 6) is 1.42. The molecule has 0 aliphatic heterocycles. The number of carboxylic acids is 1. The highest BCUT2D eigenvalue weighted by Gasteiger charge is 2.27. The molecule has 0 spiro atoms. The molecule has 0 bridgehead atoms. The third-order valence-corrected chi connectivity index (χ3v) is 4.90. The Morgan fingerprint density at radius 3 is 2.57 bits per heavy atom. The summed E-state index contributed by atoms with van der Waals surface area (Å²) in [5.41, 5.74) is 0.178. The molecule has 5 heteroatoms. The van der Waals surface area contributed by atoms with Crippen LogP contribution in [0.5, 0.6) is 11.5 Å². The van der Waals surface area contributed by atoms with Gasteiger partial charge >= 0.3 is 5.97 Å². The summed E-state index contributed by atoms with van der Waals surface area (Å²) in [6, 6.07) is 3.05. The van der Waals surface area contributed by atoms with Gasteiger partial charge in [0.2, 0.25) is 0 Å². The topological polar surface area (TPSA) is 55.8 Å². The average Bonchev–Trinajstić information content (AvgIpc) is 2.44. The van der Waals surface area contributed by atoms with Gasteiger partial charge in [0.15, 0.2) is 11.5 Å². The van der Waals surface area contributed by atoms with E-state index < -0.39 is 5.97 Å². The highest BCUT2D eigenvalue weighted by molar-refractivity contribution is 9.10. The van der Waals surface area contributed by atoms with E-state index in [0.29, 0.717) is 21.9 Å². The number of ether oxygens (including phenoxy) is 2. The summed E-state index contributed by atoms with van der Waals surface area (Å²) in [7, 11) is 1.52. The first-order valence-electron chi connectivity index (χ1n) is 7.19. The van der Waals surface area contributed by atoms with Gasteiger partial charge in [-0.2, -0.15) is 0 Å². The molecular formula is C16H21BrO4. The molecule has 3 atom stereocenters. The zero-order valence-corrected chi connectivity index (χ0v) is 14.1. The summed E-state index contributed by atoms with van der Waals surface area (Å²) in [6.45, 7) is 4.53. The van der Waals surface area contributed by atoms with Gasteiger partial charge in [0.1, 0.15) is 0 Å². The van der Waals surface area contributed by atoms with E-state index in [9.17, 15) is 4.79 Å². The molecule has 0 aromatic heterocycles. The Hall–Kier alpha value is -1.23. The Morgan fingerprint density at radius 2 is 2.00 bits per heavy atom. The zero-order valence-electron chi connectivity index (χ0n) is 12.6. The van der Waals surface area contributed by atoms with E-state index in [1.54, 1.807) is 6.07 Å². The van der Waals surface area contributed by atoms with E-state index in [-0.39, 0.29) is 11.7 Å². The fourth-order valence-corrected chi connectivity index (χ4v) is 3.26. The molecule has 1 aromatic carbocycles. The van der Waals surface area contributed by atoms with Crippen LogP contribution in [0.1, 0.15) is 43.5 Å². The fraction of sp³-hybridized carbons (Fsp3) is 0.562. The van der Waals surface area contributed by atoms with Gasteiger partial charge in [-0.05, 0) is 59.2 Å². The highest BCUT2D eigenvalue weighted by Crippen LogP contribution is 2.40. The lowest BCUT2D eigenvalue weighted by atomic mass is 9.80. The minimum Gasteiger partial charge on any atom is -0.493 e. The number of rotatable bonds is 4. The summed E-state index contributed by atoms with van der Waals surface area (Å²) in [5, 5.41) is 9.09. The van der Waals surface area contributed by atoms with Crippen LogP contribution in [0.25, 0.3) is 0 Å². The van der Waals surface area contributed by atoms with Gasteiger partial charge in [-0.3, -0.25) is 0 Å². The number of benzene rings is 1. The minimum absolute atomic E-state index is 0.150. The van der Waals surface area contributed by atoms with Crippen LogP contribution in [0.3, 0.4) is 0 Å². The summed E-state index contributed by atoms with van der Waals surface area (Å²) >= 11 is 3.39. The molecule has 0 heterocycles. The van der Waals surface area contributed by atoms with Crippen LogP contribution in [-0.4, -0.2) is 24.3 Å². The lowest BCUT2D eigenvalue weighted by Gasteiger charge is -2.32. The van der Waals surface area contributed by atoms with Crippen molar-refractivity contribution in [2.75, 3.05) is 7.11 Å². The van der Waals surface area contributed by atoms with Crippen molar-refractivity contribution in [1.82, 2.24) is 0 Å². The molecule has 2 rings (SSSR count). The van der Waals surface area contributed by atoms with Crippen molar-refractivity contribution in [3.8, 4) is 11.5 Å². The number of halogens is 1. The molecule has 0 amide bonds. The van der Waals surface area contributed by atoms with Gasteiger partial charge in [0.05, 0.1) is 23.2 Å². The molecule has 1 fully saturated rings. The first-order chi connectivity index (χ1) is 9.92. The van der Waals surface area contributed by atoms with Crippen molar-refractivity contribution in [3.05, 3.63) is 22.2 Å². The second kappa shape index (κ2) is 6.69. The van der Waals surface area contributed by atoms with Crippen molar-refractivity contribution >= 4 is 21.9 Å². The van der Waals surface area contributed by atoms with E-state index in [0.717, 1.165) is 25.2 Å². The minimum atomic E-state index is -0.985. The highest BCUT2D eigenvalue weighted by atomic mass is 79.9. The second-order valence-electron chi connectivity index (χ2n) is 5.80. The number of hydrogen-bond donors (Lipinski definition) is 1. The predicted octanol–water partition coefficient (Wildman–Crippen LogP) is 4.36. The van der Waals surface area contributed by atoms with Gasteiger partial charge < -0.3 is 14.6 Å². The standard InChI is InChI=1S/C16H21BrO4/c1-9-4-5-12(6-10(9)2)21-15-13(17)7-11(16(18)19)8-14(15)20-3/h7-10,12H,4-6H2,1-3H3,(H,18,19). The largest absolute Gasteiger partial charge is 0.493 e. The van der Waals surface area contributed by atoms with E-state index >= 15 is 0 Å². The molecule has 3 unspecified atom stereocenters. The first kappa shape index (κ1) is 16.1. The molecule has 0 saturated heterocycles. The van der Waals surface area contributed by atoms with Crippen LogP contribution in [0.4, 0.5) is 0 Å². The maximum Gasteiger partial charge on any atom is 0.335 e. The summed E-state index contributed by atoms with van der Waals surface area (Å²) in [4.78, 5) is 11.1. The molecule has 21 heavy (non-hydrogen) atoms. The van der Waals surface area contributed by atoms with Gasteiger partial charge in [-0.15, -0.1) is 0 Å². The van der Waals surface area contributed by atoms with Gasteiger partial charge in [0.25, 0.3) is 0 Å². The van der Waals surface area contributed by atoms with Crippen molar-refractivity contribution < 1.29 is 19.4 Å². The molecule has 1 aliphatic rings. The van der Waals surface area contributed by atoms with Crippen LogP contribution in [0.2, 0.25) is 0 Å². The lowest BCUT2D eigenvalue weighted by molar-refractivity contribution is 0.0696. The average molecular weight is 357 g/mol. The normalized spacial score (nSPS) is 25.4. The van der Waals surface area contributed by atoms with Gasteiger partial charge in [-0.1, -0.05) is 13.8 Å². The van der Waals surface area contributed by atoms with Crippen LogP contribution >= 0.6 is 15.9 Å². The van der Waals surface area contributed by atoms with E-state index in [4.69, 9.17) is 14.6 Å². The quantitative estimate of drug-likeness (QED) is 0.870. The predicted molar refractivity (Wildman–Crippen MR) is 84.2 cm³/mol. The Kier molecular flexibility index (Phi) is 5.14. The Morgan fingerprint density at radius 1 is 1.29 bits per heavy atom. The number of aromatic carboxylic acids is 1. The van der Waals surface area contributed by atoms with Gasteiger partial charge in [0, 0.05) is 0 Å². The Bertz CT molecular complexity index is 529. The monoisotopic (exact) mass is 356 g/mol. The number of hydrogen-bond acceptors (Lipinski definition) is 3.